The Morgan fingerprint density at radius 3 is 2.61 bits per heavy atom. The number of thiazole rings is 1. The molecule has 28 heavy (non-hydrogen) atoms. The highest BCUT2D eigenvalue weighted by atomic mass is 32.1. The van der Waals surface area contributed by atoms with Gasteiger partial charge in [-0.3, -0.25) is 9.89 Å². The summed E-state index contributed by atoms with van der Waals surface area (Å²) in [6.07, 6.45) is 4.49. The molecule has 1 fully saturated rings. The zero-order valence-corrected chi connectivity index (χ0v) is 19.0. The van der Waals surface area contributed by atoms with Crippen molar-refractivity contribution in [2.75, 3.05) is 45.9 Å². The van der Waals surface area contributed by atoms with Crippen molar-refractivity contribution in [3.8, 4) is 0 Å². The number of nitrogens with one attached hydrogen (secondary N) is 2. The van der Waals surface area contributed by atoms with E-state index in [0.717, 1.165) is 70.4 Å². The molecule has 1 aliphatic rings. The van der Waals surface area contributed by atoms with E-state index >= 15 is 0 Å². The highest BCUT2D eigenvalue weighted by Crippen LogP contribution is 2.20. The minimum absolute atomic E-state index is 0.493. The molecular weight excluding hydrogens is 370 g/mol. The van der Waals surface area contributed by atoms with E-state index in [4.69, 9.17) is 9.73 Å². The fourth-order valence-electron chi connectivity index (χ4n) is 3.80. The van der Waals surface area contributed by atoms with E-state index in [-0.39, 0.29) is 0 Å². The maximum atomic E-state index is 5.56. The number of aryl methyl sites for hydroxylation is 2. The quantitative estimate of drug-likeness (QED) is 0.334. The molecule has 2 heterocycles. The van der Waals surface area contributed by atoms with Crippen molar-refractivity contribution in [3.63, 3.8) is 0 Å². The third kappa shape index (κ3) is 7.68. The molecule has 0 bridgehead atoms. The zero-order valence-electron chi connectivity index (χ0n) is 18.2. The predicted octanol–water partition coefficient (Wildman–Crippen LogP) is 3.08. The molecule has 7 heteroatoms. The molecule has 0 aromatic carbocycles. The number of guanidine groups is 1. The Kier molecular flexibility index (Phi) is 10.8. The summed E-state index contributed by atoms with van der Waals surface area (Å²) < 4.78 is 5.56. The van der Waals surface area contributed by atoms with Crippen molar-refractivity contribution in [1.29, 1.82) is 0 Å². The maximum absolute atomic E-state index is 5.56. The van der Waals surface area contributed by atoms with Crippen molar-refractivity contribution in [2.24, 2.45) is 10.9 Å². The summed E-state index contributed by atoms with van der Waals surface area (Å²) >= 11 is 1.76. The normalized spacial score (nSPS) is 17.1. The van der Waals surface area contributed by atoms with Gasteiger partial charge in [0.1, 0.15) is 0 Å². The van der Waals surface area contributed by atoms with E-state index in [2.05, 4.69) is 53.6 Å². The summed E-state index contributed by atoms with van der Waals surface area (Å²) in [5.41, 5.74) is 1.12. The largest absolute Gasteiger partial charge is 0.379 e. The van der Waals surface area contributed by atoms with Crippen LogP contribution < -0.4 is 10.6 Å². The average molecular weight is 410 g/mol. The van der Waals surface area contributed by atoms with Gasteiger partial charge in [0.2, 0.25) is 0 Å². The summed E-state index contributed by atoms with van der Waals surface area (Å²) in [6.45, 7) is 15.1. The number of aliphatic imine (C=N–C) groups is 1. The van der Waals surface area contributed by atoms with E-state index in [0.29, 0.717) is 12.0 Å². The van der Waals surface area contributed by atoms with Crippen LogP contribution in [-0.4, -0.2) is 67.8 Å². The molecule has 6 nitrogen and oxygen atoms in total. The molecule has 1 saturated heterocycles. The van der Waals surface area contributed by atoms with Gasteiger partial charge < -0.3 is 15.4 Å². The van der Waals surface area contributed by atoms with Crippen LogP contribution in [0.4, 0.5) is 0 Å². The van der Waals surface area contributed by atoms with Crippen molar-refractivity contribution >= 4 is 17.3 Å². The second-order valence-corrected chi connectivity index (χ2v) is 8.37. The molecule has 2 N–H and O–H groups in total. The number of hydrogen-bond acceptors (Lipinski definition) is 5. The van der Waals surface area contributed by atoms with Gasteiger partial charge in [0.05, 0.1) is 24.8 Å². The number of ether oxygens (including phenoxy) is 1. The molecule has 1 aromatic rings. The lowest BCUT2D eigenvalue weighted by Gasteiger charge is -2.38. The van der Waals surface area contributed by atoms with Gasteiger partial charge in [-0.1, -0.05) is 26.7 Å². The Balaban J connectivity index is 1.89. The van der Waals surface area contributed by atoms with E-state index in [1.54, 1.807) is 11.3 Å². The molecule has 1 atom stereocenters. The highest BCUT2D eigenvalue weighted by molar-refractivity contribution is 7.09. The predicted molar refractivity (Wildman–Crippen MR) is 119 cm³/mol. The Bertz CT molecular complexity index is 567. The minimum Gasteiger partial charge on any atom is -0.379 e. The van der Waals surface area contributed by atoms with Crippen LogP contribution in [0, 0.1) is 12.8 Å². The standard InChI is InChI=1S/C21H39N5OS/c1-5-18(6-2)19(26-11-13-27-14-12-26)15-24-21(22-7-3)23-10-8-9-20-25-17(4)16-28-20/h16,18-19H,5-15H2,1-4H3,(H2,22,23,24). The maximum Gasteiger partial charge on any atom is 0.191 e. The Morgan fingerprint density at radius 2 is 2.00 bits per heavy atom. The van der Waals surface area contributed by atoms with Crippen LogP contribution in [0.1, 0.15) is 50.7 Å². The topological polar surface area (TPSA) is 61.8 Å². The SMILES string of the molecule is CCNC(=NCC(C(CC)CC)N1CCOCC1)NCCCc1nc(C)cs1. The van der Waals surface area contributed by atoms with Gasteiger partial charge >= 0.3 is 0 Å². The van der Waals surface area contributed by atoms with Crippen molar-refractivity contribution in [2.45, 2.75) is 59.4 Å². The van der Waals surface area contributed by atoms with Gasteiger partial charge in [-0.05, 0) is 26.2 Å². The molecule has 1 aliphatic heterocycles. The van der Waals surface area contributed by atoms with E-state index in [1.165, 1.54) is 17.8 Å². The summed E-state index contributed by atoms with van der Waals surface area (Å²) in [7, 11) is 0. The van der Waals surface area contributed by atoms with Crippen LogP contribution >= 0.6 is 11.3 Å². The first-order valence-corrected chi connectivity index (χ1v) is 11.8. The third-order valence-electron chi connectivity index (χ3n) is 5.41. The second-order valence-electron chi connectivity index (χ2n) is 7.42. The van der Waals surface area contributed by atoms with Gasteiger partial charge in [-0.25, -0.2) is 4.98 Å². The monoisotopic (exact) mass is 409 g/mol. The van der Waals surface area contributed by atoms with Gasteiger partial charge in [-0.15, -0.1) is 11.3 Å². The van der Waals surface area contributed by atoms with Crippen molar-refractivity contribution < 1.29 is 4.74 Å². The summed E-state index contributed by atoms with van der Waals surface area (Å²) in [5, 5.41) is 10.3. The second kappa shape index (κ2) is 13.1. The molecule has 160 valence electrons. The van der Waals surface area contributed by atoms with Crippen LogP contribution in [-0.2, 0) is 11.2 Å². The van der Waals surface area contributed by atoms with Crippen LogP contribution in [0.15, 0.2) is 10.4 Å². The van der Waals surface area contributed by atoms with Crippen LogP contribution in [0.2, 0.25) is 0 Å². The fraction of sp³-hybridized carbons (Fsp3) is 0.810. The number of morpholine rings is 1. The van der Waals surface area contributed by atoms with Gasteiger partial charge in [-0.2, -0.15) is 0 Å². The van der Waals surface area contributed by atoms with Crippen LogP contribution in [0.3, 0.4) is 0 Å². The molecule has 0 radical (unpaired) electrons. The number of hydrogen-bond donors (Lipinski definition) is 2. The average Bonchev–Trinajstić information content (AvgIpc) is 3.14. The van der Waals surface area contributed by atoms with Gasteiger partial charge in [0.25, 0.3) is 0 Å². The number of nitrogens with zero attached hydrogens (tertiary/aromatic N) is 3. The molecule has 0 saturated carbocycles. The van der Waals surface area contributed by atoms with Gasteiger partial charge in [0, 0.05) is 49.7 Å². The minimum atomic E-state index is 0.493. The molecule has 0 amide bonds. The highest BCUT2D eigenvalue weighted by Gasteiger charge is 2.26. The molecule has 0 aliphatic carbocycles. The fourth-order valence-corrected chi connectivity index (χ4v) is 4.61. The molecule has 0 spiro atoms. The van der Waals surface area contributed by atoms with Crippen molar-refractivity contribution in [1.82, 2.24) is 20.5 Å². The first-order valence-electron chi connectivity index (χ1n) is 10.9. The Hall–Kier alpha value is -1.18. The van der Waals surface area contributed by atoms with Crippen LogP contribution in [0.5, 0.6) is 0 Å². The Morgan fingerprint density at radius 1 is 1.25 bits per heavy atom. The number of rotatable bonds is 11. The summed E-state index contributed by atoms with van der Waals surface area (Å²) in [5.74, 6) is 1.61. The third-order valence-corrected chi connectivity index (χ3v) is 6.44. The van der Waals surface area contributed by atoms with Crippen LogP contribution in [0.25, 0.3) is 0 Å². The molecule has 1 aromatic heterocycles. The first-order chi connectivity index (χ1) is 13.7. The lowest BCUT2D eigenvalue weighted by atomic mass is 9.92. The summed E-state index contributed by atoms with van der Waals surface area (Å²) in [6, 6.07) is 0.493. The Labute approximate surface area is 175 Å². The van der Waals surface area contributed by atoms with E-state index in [9.17, 15) is 0 Å². The molecule has 2 rings (SSSR count). The number of aromatic nitrogens is 1. The molecule has 1 unspecified atom stereocenters. The zero-order chi connectivity index (χ0) is 20.2. The molecular formula is C21H39N5OS. The van der Waals surface area contributed by atoms with E-state index < -0.39 is 0 Å². The smallest absolute Gasteiger partial charge is 0.191 e. The van der Waals surface area contributed by atoms with Crippen molar-refractivity contribution in [3.05, 3.63) is 16.1 Å². The lowest BCUT2D eigenvalue weighted by Crippen LogP contribution is -2.49. The summed E-state index contributed by atoms with van der Waals surface area (Å²) in [4.78, 5) is 12.1. The van der Waals surface area contributed by atoms with E-state index in [1.807, 2.05) is 0 Å². The first kappa shape index (κ1) is 23.1. The van der Waals surface area contributed by atoms with Gasteiger partial charge in [0.15, 0.2) is 5.96 Å². The lowest BCUT2D eigenvalue weighted by molar-refractivity contribution is 0.00395.